The van der Waals surface area contributed by atoms with Crippen molar-refractivity contribution in [3.05, 3.63) is 35.4 Å². The van der Waals surface area contributed by atoms with Crippen LogP contribution in [-0.4, -0.2) is 36.6 Å². The molecule has 0 saturated heterocycles. The summed E-state index contributed by atoms with van der Waals surface area (Å²) in [4.78, 5) is 30.1. The monoisotopic (exact) mass is 386 g/mol. The van der Waals surface area contributed by atoms with Gasteiger partial charge in [0.15, 0.2) is 0 Å². The van der Waals surface area contributed by atoms with Gasteiger partial charge in [0.25, 0.3) is 5.91 Å². The van der Waals surface area contributed by atoms with Crippen LogP contribution in [0, 0.1) is 12.3 Å². The maximum atomic E-state index is 12.3. The van der Waals surface area contributed by atoms with Crippen LogP contribution in [0.15, 0.2) is 24.3 Å². The fraction of sp³-hybridized carbons (Fsp3) is 0.565. The van der Waals surface area contributed by atoms with E-state index in [0.29, 0.717) is 17.7 Å². The Morgan fingerprint density at radius 2 is 1.64 bits per heavy atom. The molecule has 0 aromatic heterocycles. The van der Waals surface area contributed by atoms with Crippen LogP contribution >= 0.6 is 0 Å². The number of rotatable bonds is 13. The highest BCUT2D eigenvalue weighted by Gasteiger charge is 2.21. The average molecular weight is 387 g/mol. The van der Waals surface area contributed by atoms with Gasteiger partial charge in [-0.15, -0.1) is 6.42 Å². The van der Waals surface area contributed by atoms with E-state index < -0.39 is 17.9 Å². The molecule has 0 saturated carbocycles. The molecule has 1 aromatic carbocycles. The lowest BCUT2D eigenvalue weighted by molar-refractivity contribution is -0.173. The van der Waals surface area contributed by atoms with E-state index >= 15 is 0 Å². The molecule has 1 N–H and O–H groups in total. The molecule has 5 nitrogen and oxygen atoms in total. The van der Waals surface area contributed by atoms with Crippen LogP contribution in [0.1, 0.15) is 81.1 Å². The van der Waals surface area contributed by atoms with Crippen LogP contribution in [0.2, 0.25) is 0 Å². The van der Waals surface area contributed by atoms with Crippen LogP contribution < -0.4 is 5.32 Å². The number of carbonyl (C=O) groups excluding carboxylic acids is 2. The highest BCUT2D eigenvalue weighted by Crippen LogP contribution is 2.09. The molecule has 0 unspecified atom stereocenters. The van der Waals surface area contributed by atoms with Crippen molar-refractivity contribution in [1.82, 2.24) is 10.4 Å². The third kappa shape index (κ3) is 9.16. The largest absolute Gasteiger partial charge is 0.299 e. The molecule has 0 spiro atoms. The van der Waals surface area contributed by atoms with Crippen molar-refractivity contribution in [3.63, 3.8) is 0 Å². The number of unbranched alkanes of at least 4 members (excludes halogenated alkanes) is 7. The van der Waals surface area contributed by atoms with E-state index in [1.165, 1.54) is 43.6 Å². The number of hydrogen-bond acceptors (Lipinski definition) is 4. The van der Waals surface area contributed by atoms with Gasteiger partial charge in [-0.3, -0.25) is 19.7 Å². The van der Waals surface area contributed by atoms with Gasteiger partial charge in [0.05, 0.1) is 6.61 Å². The van der Waals surface area contributed by atoms with Gasteiger partial charge < -0.3 is 0 Å². The number of hydrogen-bond donors (Lipinski definition) is 1. The zero-order chi connectivity index (χ0) is 20.8. The van der Waals surface area contributed by atoms with Gasteiger partial charge in [-0.25, -0.2) is 0 Å². The molecule has 1 aromatic rings. The first-order valence-electron chi connectivity index (χ1n) is 10.3. The van der Waals surface area contributed by atoms with Crippen LogP contribution in [0.4, 0.5) is 0 Å². The van der Waals surface area contributed by atoms with E-state index in [2.05, 4.69) is 18.2 Å². The van der Waals surface area contributed by atoms with E-state index in [4.69, 9.17) is 11.3 Å². The van der Waals surface area contributed by atoms with Crippen molar-refractivity contribution in [1.29, 1.82) is 0 Å². The predicted molar refractivity (Wildman–Crippen MR) is 113 cm³/mol. The number of amides is 2. The van der Waals surface area contributed by atoms with E-state index in [1.807, 2.05) is 0 Å². The number of nitrogens with one attached hydrogen (secondary N) is 1. The first kappa shape index (κ1) is 23.9. The summed E-state index contributed by atoms with van der Waals surface area (Å²) < 4.78 is 0. The fourth-order valence-electron chi connectivity index (χ4n) is 2.73. The van der Waals surface area contributed by atoms with Crippen molar-refractivity contribution < 1.29 is 14.4 Å². The summed E-state index contributed by atoms with van der Waals surface area (Å²) in [7, 11) is 1.71. The maximum absolute atomic E-state index is 12.3. The van der Waals surface area contributed by atoms with Crippen molar-refractivity contribution >= 4 is 11.8 Å². The highest BCUT2D eigenvalue weighted by molar-refractivity contribution is 6.05. The number of hydroxylamine groups is 2. The molecule has 28 heavy (non-hydrogen) atoms. The number of likely N-dealkylation sites (N-methyl/N-ethyl adjacent to an activating group) is 1. The minimum absolute atomic E-state index is 0.391. The normalized spacial score (nSPS) is 11.8. The molecule has 0 fully saturated rings. The molecule has 1 atom stereocenters. The lowest BCUT2D eigenvalue weighted by Crippen LogP contribution is -2.45. The van der Waals surface area contributed by atoms with Crippen molar-refractivity contribution in [2.45, 2.75) is 71.3 Å². The van der Waals surface area contributed by atoms with E-state index in [0.717, 1.165) is 12.8 Å². The molecule has 154 valence electrons. The lowest BCUT2D eigenvalue weighted by atomic mass is 10.1. The van der Waals surface area contributed by atoms with Crippen LogP contribution in [0.5, 0.6) is 0 Å². The second kappa shape index (κ2) is 13.9. The summed E-state index contributed by atoms with van der Waals surface area (Å²) in [6, 6.07) is 5.97. The first-order chi connectivity index (χ1) is 13.5. The Bertz CT molecular complexity index is 634. The Morgan fingerprint density at radius 3 is 2.21 bits per heavy atom. The Morgan fingerprint density at radius 1 is 1.07 bits per heavy atom. The molecule has 0 aliphatic carbocycles. The van der Waals surface area contributed by atoms with E-state index in [9.17, 15) is 9.59 Å². The van der Waals surface area contributed by atoms with Gasteiger partial charge in [0, 0.05) is 18.2 Å². The molecular formula is C23H34N2O3. The Kier molecular flexibility index (Phi) is 11.9. The smallest absolute Gasteiger partial charge is 0.257 e. The fourth-order valence-corrected chi connectivity index (χ4v) is 2.73. The summed E-state index contributed by atoms with van der Waals surface area (Å²) in [5.41, 5.74) is 1.08. The standard InChI is InChI=1S/C23H34N2O3/c1-5-7-8-9-10-11-12-13-18-28-25(4)19(3)22(26)24-23(27)21-16-14-20(6-2)15-17-21/h2,14-17,19H,5,7-13,18H2,1,3-4H3,(H,24,26,27)/t19-/m0/s1. The van der Waals surface area contributed by atoms with Gasteiger partial charge in [-0.2, -0.15) is 5.06 Å². The summed E-state index contributed by atoms with van der Waals surface area (Å²) in [6.45, 7) is 4.50. The van der Waals surface area contributed by atoms with Gasteiger partial charge in [0.1, 0.15) is 6.04 Å². The molecule has 0 aliphatic heterocycles. The topological polar surface area (TPSA) is 58.6 Å². The second-order valence-electron chi connectivity index (χ2n) is 7.07. The Labute approximate surface area is 169 Å². The second-order valence-corrected chi connectivity index (χ2v) is 7.07. The molecule has 1 rings (SSSR count). The van der Waals surface area contributed by atoms with Crippen LogP contribution in [0.3, 0.4) is 0 Å². The third-order valence-corrected chi connectivity index (χ3v) is 4.77. The zero-order valence-electron chi connectivity index (χ0n) is 17.5. The molecule has 2 amide bonds. The van der Waals surface area contributed by atoms with Crippen molar-refractivity contribution in [2.24, 2.45) is 0 Å². The lowest BCUT2D eigenvalue weighted by Gasteiger charge is -2.23. The van der Waals surface area contributed by atoms with Crippen LogP contribution in [-0.2, 0) is 9.63 Å². The summed E-state index contributed by atoms with van der Waals surface area (Å²) in [5, 5.41) is 3.90. The van der Waals surface area contributed by atoms with Gasteiger partial charge in [-0.05, 0) is 37.6 Å². The van der Waals surface area contributed by atoms with Gasteiger partial charge in [0.2, 0.25) is 5.91 Å². The Hall–Kier alpha value is -2.16. The summed E-state index contributed by atoms with van der Waals surface area (Å²) in [5.74, 6) is 1.64. The van der Waals surface area contributed by atoms with Crippen molar-refractivity contribution in [2.75, 3.05) is 13.7 Å². The zero-order valence-corrected chi connectivity index (χ0v) is 17.5. The molecule has 0 aliphatic rings. The molecule has 0 heterocycles. The van der Waals surface area contributed by atoms with Crippen LogP contribution in [0.25, 0.3) is 0 Å². The Balaban J connectivity index is 2.24. The van der Waals surface area contributed by atoms with Gasteiger partial charge in [-0.1, -0.05) is 57.8 Å². The van der Waals surface area contributed by atoms with E-state index in [-0.39, 0.29) is 0 Å². The number of nitrogens with zero attached hydrogens (tertiary/aromatic N) is 1. The van der Waals surface area contributed by atoms with Crippen molar-refractivity contribution in [3.8, 4) is 12.3 Å². The molecule has 5 heteroatoms. The number of benzene rings is 1. The number of imide groups is 1. The minimum atomic E-state index is -0.567. The first-order valence-corrected chi connectivity index (χ1v) is 10.3. The predicted octanol–water partition coefficient (Wildman–Crippen LogP) is 4.32. The maximum Gasteiger partial charge on any atom is 0.257 e. The molecule has 0 radical (unpaired) electrons. The quantitative estimate of drug-likeness (QED) is 0.312. The molecular weight excluding hydrogens is 352 g/mol. The number of terminal acetylenes is 1. The summed E-state index contributed by atoms with van der Waals surface area (Å²) >= 11 is 0. The van der Waals surface area contributed by atoms with Gasteiger partial charge >= 0.3 is 0 Å². The number of carbonyl (C=O) groups is 2. The average Bonchev–Trinajstić information content (AvgIpc) is 2.71. The third-order valence-electron chi connectivity index (χ3n) is 4.77. The van der Waals surface area contributed by atoms with E-state index in [1.54, 1.807) is 38.2 Å². The minimum Gasteiger partial charge on any atom is -0.299 e. The SMILES string of the molecule is C#Cc1ccc(C(=O)NC(=O)[C@H](C)N(C)OCCCCCCCCCC)cc1. The highest BCUT2D eigenvalue weighted by atomic mass is 16.7. The molecule has 0 bridgehead atoms. The summed E-state index contributed by atoms with van der Waals surface area (Å²) in [6.07, 6.45) is 15.1.